The molecule has 18 heavy (non-hydrogen) atoms. The third-order valence-corrected chi connectivity index (χ3v) is 3.31. The molecule has 0 saturated carbocycles. The Morgan fingerprint density at radius 1 is 1.56 bits per heavy atom. The molecule has 2 N–H and O–H groups in total. The summed E-state index contributed by atoms with van der Waals surface area (Å²) in [6.45, 7) is 3.49. The van der Waals surface area contributed by atoms with E-state index < -0.39 is 5.82 Å². The number of benzene rings is 1. The summed E-state index contributed by atoms with van der Waals surface area (Å²) < 4.78 is 13.5. The lowest BCUT2D eigenvalue weighted by Crippen LogP contribution is -2.31. The van der Waals surface area contributed by atoms with Gasteiger partial charge >= 0.3 is 0 Å². The molecule has 0 aromatic heterocycles. The van der Waals surface area contributed by atoms with Gasteiger partial charge in [-0.1, -0.05) is 11.6 Å². The van der Waals surface area contributed by atoms with E-state index in [9.17, 15) is 9.18 Å². The molecule has 1 heterocycles. The highest BCUT2D eigenvalue weighted by atomic mass is 19.1. The van der Waals surface area contributed by atoms with Crippen molar-refractivity contribution in [3.05, 3.63) is 35.1 Å². The fraction of sp³-hybridized carbons (Fsp3) is 0.500. The van der Waals surface area contributed by atoms with Crippen LogP contribution in [0.2, 0.25) is 0 Å². The van der Waals surface area contributed by atoms with Crippen LogP contribution in [0.15, 0.2) is 18.2 Å². The van der Waals surface area contributed by atoms with E-state index in [1.165, 1.54) is 12.5 Å². The van der Waals surface area contributed by atoms with Gasteiger partial charge in [-0.15, -0.1) is 0 Å². The van der Waals surface area contributed by atoms with Gasteiger partial charge in [-0.3, -0.25) is 4.79 Å². The van der Waals surface area contributed by atoms with Crippen LogP contribution in [0.3, 0.4) is 0 Å². The first kappa shape index (κ1) is 13.0. The third kappa shape index (κ3) is 3.29. The Morgan fingerprint density at radius 2 is 2.39 bits per heavy atom. The Kier molecular flexibility index (Phi) is 4.31. The van der Waals surface area contributed by atoms with E-state index in [0.29, 0.717) is 12.6 Å². The summed E-state index contributed by atoms with van der Waals surface area (Å²) in [5.74, 6) is -0.786. The lowest BCUT2D eigenvalue weighted by atomic mass is 10.1. The molecule has 4 heteroatoms. The molecule has 1 atom stereocenters. The lowest BCUT2D eigenvalue weighted by Gasteiger charge is -2.11. The molecule has 1 aliphatic heterocycles. The quantitative estimate of drug-likeness (QED) is 0.858. The van der Waals surface area contributed by atoms with Crippen molar-refractivity contribution < 1.29 is 9.18 Å². The second-order valence-corrected chi connectivity index (χ2v) is 4.82. The summed E-state index contributed by atoms with van der Waals surface area (Å²) in [4.78, 5) is 11.8. The maximum Gasteiger partial charge on any atom is 0.254 e. The molecule has 2 rings (SSSR count). The Hall–Kier alpha value is -1.42. The molecule has 0 radical (unpaired) electrons. The zero-order valence-corrected chi connectivity index (χ0v) is 10.6. The number of halogens is 1. The van der Waals surface area contributed by atoms with Crippen molar-refractivity contribution >= 4 is 5.91 Å². The normalized spacial score (nSPS) is 18.9. The largest absolute Gasteiger partial charge is 0.352 e. The molecular weight excluding hydrogens is 231 g/mol. The number of amides is 1. The number of nitrogens with one attached hydrogen (secondary N) is 2. The molecule has 1 amide bonds. The van der Waals surface area contributed by atoms with Gasteiger partial charge in [-0.05, 0) is 44.9 Å². The minimum atomic E-state index is -0.461. The van der Waals surface area contributed by atoms with Gasteiger partial charge in [0, 0.05) is 12.6 Å². The van der Waals surface area contributed by atoms with Crippen LogP contribution in [0.5, 0.6) is 0 Å². The summed E-state index contributed by atoms with van der Waals surface area (Å²) in [6, 6.07) is 5.07. The van der Waals surface area contributed by atoms with Crippen LogP contribution in [0, 0.1) is 12.7 Å². The zero-order valence-electron chi connectivity index (χ0n) is 10.6. The van der Waals surface area contributed by atoms with Crippen molar-refractivity contribution in [2.24, 2.45) is 0 Å². The van der Waals surface area contributed by atoms with E-state index in [0.717, 1.165) is 24.9 Å². The number of hydrogen-bond acceptors (Lipinski definition) is 2. The SMILES string of the molecule is Cc1ccc(F)c(C(=O)NCC[C@@H]2CCCN2)c1. The standard InChI is InChI=1S/C14H19FN2O/c1-10-4-5-13(15)12(9-10)14(18)17-8-6-11-3-2-7-16-11/h4-5,9,11,16H,2-3,6-8H2,1H3,(H,17,18)/t11-/m0/s1. The third-order valence-electron chi connectivity index (χ3n) is 3.31. The molecule has 98 valence electrons. The molecule has 0 aliphatic carbocycles. The summed E-state index contributed by atoms with van der Waals surface area (Å²) in [5.41, 5.74) is 1.02. The van der Waals surface area contributed by atoms with Gasteiger partial charge in [0.25, 0.3) is 5.91 Å². The van der Waals surface area contributed by atoms with Crippen LogP contribution in [0.25, 0.3) is 0 Å². The van der Waals surface area contributed by atoms with Crippen LogP contribution in [-0.2, 0) is 0 Å². The van der Waals surface area contributed by atoms with Crippen LogP contribution >= 0.6 is 0 Å². The number of carbonyl (C=O) groups is 1. The second kappa shape index (κ2) is 5.96. The Labute approximate surface area is 107 Å². The van der Waals surface area contributed by atoms with E-state index in [4.69, 9.17) is 0 Å². The van der Waals surface area contributed by atoms with E-state index >= 15 is 0 Å². The van der Waals surface area contributed by atoms with E-state index in [1.807, 2.05) is 6.92 Å². The molecule has 1 aromatic rings. The minimum absolute atomic E-state index is 0.134. The molecular formula is C14H19FN2O. The van der Waals surface area contributed by atoms with Gasteiger partial charge in [0.2, 0.25) is 0 Å². The molecule has 0 unspecified atom stereocenters. The average Bonchev–Trinajstić information content (AvgIpc) is 2.85. The van der Waals surface area contributed by atoms with Crippen molar-refractivity contribution in [2.75, 3.05) is 13.1 Å². The Morgan fingerprint density at radius 3 is 3.11 bits per heavy atom. The maximum atomic E-state index is 13.5. The highest BCUT2D eigenvalue weighted by molar-refractivity contribution is 5.94. The predicted molar refractivity (Wildman–Crippen MR) is 69.1 cm³/mol. The highest BCUT2D eigenvalue weighted by Crippen LogP contribution is 2.11. The van der Waals surface area contributed by atoms with E-state index in [2.05, 4.69) is 10.6 Å². The minimum Gasteiger partial charge on any atom is -0.352 e. The first-order chi connectivity index (χ1) is 8.66. The van der Waals surface area contributed by atoms with Gasteiger partial charge in [0.1, 0.15) is 5.82 Å². The van der Waals surface area contributed by atoms with Crippen LogP contribution in [-0.4, -0.2) is 25.0 Å². The van der Waals surface area contributed by atoms with Crippen molar-refractivity contribution in [2.45, 2.75) is 32.2 Å². The fourth-order valence-electron chi connectivity index (χ4n) is 2.27. The molecule has 1 saturated heterocycles. The summed E-state index contributed by atoms with van der Waals surface area (Å²) in [5, 5.41) is 6.14. The Bertz CT molecular complexity index is 428. The number of rotatable bonds is 4. The van der Waals surface area contributed by atoms with Crippen molar-refractivity contribution in [1.82, 2.24) is 10.6 Å². The predicted octanol–water partition coefficient (Wildman–Crippen LogP) is 2.01. The molecule has 1 fully saturated rings. The molecule has 3 nitrogen and oxygen atoms in total. The van der Waals surface area contributed by atoms with Gasteiger partial charge in [0.05, 0.1) is 5.56 Å². The van der Waals surface area contributed by atoms with E-state index in [1.54, 1.807) is 12.1 Å². The van der Waals surface area contributed by atoms with Crippen LogP contribution < -0.4 is 10.6 Å². The van der Waals surface area contributed by atoms with Gasteiger partial charge in [0.15, 0.2) is 0 Å². The van der Waals surface area contributed by atoms with Crippen LogP contribution in [0.4, 0.5) is 4.39 Å². The summed E-state index contributed by atoms with van der Waals surface area (Å²) in [7, 11) is 0. The fourth-order valence-corrected chi connectivity index (χ4v) is 2.27. The smallest absolute Gasteiger partial charge is 0.254 e. The maximum absolute atomic E-state index is 13.5. The van der Waals surface area contributed by atoms with Crippen LogP contribution in [0.1, 0.15) is 35.2 Å². The molecule has 1 aliphatic rings. The number of carbonyl (C=O) groups excluding carboxylic acids is 1. The van der Waals surface area contributed by atoms with Gasteiger partial charge in [-0.25, -0.2) is 4.39 Å². The molecule has 0 spiro atoms. The molecule has 0 bridgehead atoms. The number of aryl methyl sites for hydroxylation is 1. The number of hydrogen-bond donors (Lipinski definition) is 2. The van der Waals surface area contributed by atoms with Gasteiger partial charge in [-0.2, -0.15) is 0 Å². The lowest BCUT2D eigenvalue weighted by molar-refractivity contribution is 0.0948. The average molecular weight is 250 g/mol. The summed E-state index contributed by atoms with van der Waals surface area (Å²) in [6.07, 6.45) is 3.26. The van der Waals surface area contributed by atoms with Crippen molar-refractivity contribution in [1.29, 1.82) is 0 Å². The van der Waals surface area contributed by atoms with Crippen molar-refractivity contribution in [3.63, 3.8) is 0 Å². The summed E-state index contributed by atoms with van der Waals surface area (Å²) >= 11 is 0. The Balaban J connectivity index is 1.85. The highest BCUT2D eigenvalue weighted by Gasteiger charge is 2.15. The van der Waals surface area contributed by atoms with E-state index in [-0.39, 0.29) is 11.5 Å². The molecule has 1 aromatic carbocycles. The van der Waals surface area contributed by atoms with Crippen molar-refractivity contribution in [3.8, 4) is 0 Å². The zero-order chi connectivity index (χ0) is 13.0. The monoisotopic (exact) mass is 250 g/mol. The van der Waals surface area contributed by atoms with Gasteiger partial charge < -0.3 is 10.6 Å². The second-order valence-electron chi connectivity index (χ2n) is 4.82. The first-order valence-corrected chi connectivity index (χ1v) is 6.44. The first-order valence-electron chi connectivity index (χ1n) is 6.44. The topological polar surface area (TPSA) is 41.1 Å².